The number of benzene rings is 1. The molecule has 2 rings (SSSR count). The van der Waals surface area contributed by atoms with E-state index in [4.69, 9.17) is 21.1 Å². The molecule has 1 heterocycles. The summed E-state index contributed by atoms with van der Waals surface area (Å²) in [6.45, 7) is 3.80. The largest absolute Gasteiger partial charge is 0.491 e. The minimum atomic E-state index is -4.50. The first-order valence-electron chi connectivity index (χ1n) is 6.43. The SMILES string of the molecule is CC(C)Oc1ccc(Oc2ncc(C(F)(F)F)cc2Cl)cc1. The van der Waals surface area contributed by atoms with Gasteiger partial charge >= 0.3 is 6.18 Å². The molecule has 0 N–H and O–H groups in total. The van der Waals surface area contributed by atoms with E-state index in [-0.39, 0.29) is 17.0 Å². The zero-order valence-corrected chi connectivity index (χ0v) is 12.6. The Kier molecular flexibility index (Phi) is 4.81. The summed E-state index contributed by atoms with van der Waals surface area (Å²) in [5.41, 5.74) is -0.925. The van der Waals surface area contributed by atoms with Crippen LogP contribution in [0.15, 0.2) is 36.5 Å². The molecule has 0 atom stereocenters. The molecule has 0 unspecified atom stereocenters. The van der Waals surface area contributed by atoms with E-state index in [1.165, 1.54) is 0 Å². The smallest absolute Gasteiger partial charge is 0.417 e. The van der Waals surface area contributed by atoms with Crippen molar-refractivity contribution in [3.05, 3.63) is 47.1 Å². The Hall–Kier alpha value is -1.95. The normalized spacial score (nSPS) is 11.6. The Balaban J connectivity index is 2.14. The van der Waals surface area contributed by atoms with Crippen LogP contribution >= 0.6 is 11.6 Å². The summed E-state index contributed by atoms with van der Waals surface area (Å²) in [6, 6.07) is 7.39. The first kappa shape index (κ1) is 16.4. The average molecular weight is 332 g/mol. The molecule has 1 aromatic carbocycles. The van der Waals surface area contributed by atoms with Gasteiger partial charge in [0.15, 0.2) is 0 Å². The molecule has 0 aliphatic heterocycles. The summed E-state index contributed by atoms with van der Waals surface area (Å²) >= 11 is 5.77. The van der Waals surface area contributed by atoms with E-state index >= 15 is 0 Å². The summed E-state index contributed by atoms with van der Waals surface area (Å²) < 4.78 is 48.4. The van der Waals surface area contributed by atoms with Crippen molar-refractivity contribution in [1.82, 2.24) is 4.98 Å². The maximum Gasteiger partial charge on any atom is 0.417 e. The van der Waals surface area contributed by atoms with E-state index in [0.29, 0.717) is 17.7 Å². The first-order valence-corrected chi connectivity index (χ1v) is 6.81. The Labute approximate surface area is 130 Å². The van der Waals surface area contributed by atoms with Gasteiger partial charge in [-0.05, 0) is 44.2 Å². The summed E-state index contributed by atoms with van der Waals surface area (Å²) in [4.78, 5) is 3.61. The lowest BCUT2D eigenvalue weighted by molar-refractivity contribution is -0.137. The third-order valence-corrected chi connectivity index (χ3v) is 2.82. The summed E-state index contributed by atoms with van der Waals surface area (Å²) in [5, 5.41) is -0.211. The maximum absolute atomic E-state index is 12.5. The molecule has 0 amide bonds. The molecule has 0 aliphatic rings. The zero-order chi connectivity index (χ0) is 16.3. The molecule has 0 spiro atoms. The minimum Gasteiger partial charge on any atom is -0.491 e. The van der Waals surface area contributed by atoms with Gasteiger partial charge in [-0.3, -0.25) is 0 Å². The lowest BCUT2D eigenvalue weighted by Crippen LogP contribution is -2.06. The van der Waals surface area contributed by atoms with Gasteiger partial charge in [-0.25, -0.2) is 4.98 Å². The molecular formula is C15H13ClF3NO2. The molecular weight excluding hydrogens is 319 g/mol. The van der Waals surface area contributed by atoms with Crippen molar-refractivity contribution >= 4 is 11.6 Å². The van der Waals surface area contributed by atoms with Crippen LogP contribution in [-0.2, 0) is 6.18 Å². The number of rotatable bonds is 4. The number of nitrogens with zero attached hydrogens (tertiary/aromatic N) is 1. The summed E-state index contributed by atoms with van der Waals surface area (Å²) in [5.74, 6) is 0.964. The minimum absolute atomic E-state index is 0.0396. The quantitative estimate of drug-likeness (QED) is 0.758. The fraction of sp³-hybridized carbons (Fsp3) is 0.267. The van der Waals surface area contributed by atoms with Gasteiger partial charge in [-0.1, -0.05) is 11.6 Å². The van der Waals surface area contributed by atoms with E-state index in [1.807, 2.05) is 13.8 Å². The van der Waals surface area contributed by atoms with E-state index in [9.17, 15) is 13.2 Å². The molecule has 22 heavy (non-hydrogen) atoms. The maximum atomic E-state index is 12.5. The second-order valence-electron chi connectivity index (χ2n) is 4.75. The number of aromatic nitrogens is 1. The van der Waals surface area contributed by atoms with Gasteiger partial charge in [0.2, 0.25) is 5.88 Å². The number of halogens is 4. The van der Waals surface area contributed by atoms with Crippen LogP contribution < -0.4 is 9.47 Å². The van der Waals surface area contributed by atoms with Crippen LogP contribution in [0.4, 0.5) is 13.2 Å². The Morgan fingerprint density at radius 3 is 2.18 bits per heavy atom. The third kappa shape index (κ3) is 4.27. The Morgan fingerprint density at radius 2 is 1.68 bits per heavy atom. The highest BCUT2D eigenvalue weighted by Gasteiger charge is 2.31. The number of hydrogen-bond acceptors (Lipinski definition) is 3. The van der Waals surface area contributed by atoms with Gasteiger partial charge in [0.1, 0.15) is 16.5 Å². The summed E-state index contributed by atoms with van der Waals surface area (Å²) in [6.07, 6.45) is -3.78. The molecule has 0 aliphatic carbocycles. The van der Waals surface area contributed by atoms with Crippen molar-refractivity contribution in [2.24, 2.45) is 0 Å². The number of hydrogen-bond donors (Lipinski definition) is 0. The molecule has 3 nitrogen and oxygen atoms in total. The second kappa shape index (κ2) is 6.44. The molecule has 0 saturated heterocycles. The van der Waals surface area contributed by atoms with Crippen LogP contribution in [0.3, 0.4) is 0 Å². The third-order valence-electron chi connectivity index (χ3n) is 2.54. The van der Waals surface area contributed by atoms with Crippen molar-refractivity contribution in [3.8, 4) is 17.4 Å². The van der Waals surface area contributed by atoms with E-state index in [2.05, 4.69) is 4.98 Å². The first-order chi connectivity index (χ1) is 10.3. The average Bonchev–Trinajstić information content (AvgIpc) is 2.41. The monoisotopic (exact) mass is 331 g/mol. The molecule has 2 aromatic rings. The van der Waals surface area contributed by atoms with Crippen LogP contribution in [0.25, 0.3) is 0 Å². The van der Waals surface area contributed by atoms with Crippen molar-refractivity contribution < 1.29 is 22.6 Å². The Bertz CT molecular complexity index is 642. The highest BCUT2D eigenvalue weighted by molar-refractivity contribution is 6.31. The van der Waals surface area contributed by atoms with Crippen molar-refractivity contribution in [2.75, 3.05) is 0 Å². The number of pyridine rings is 1. The van der Waals surface area contributed by atoms with Crippen molar-refractivity contribution in [3.63, 3.8) is 0 Å². The van der Waals surface area contributed by atoms with Crippen LogP contribution in [0.5, 0.6) is 17.4 Å². The van der Waals surface area contributed by atoms with Gasteiger partial charge < -0.3 is 9.47 Å². The van der Waals surface area contributed by atoms with Crippen molar-refractivity contribution in [1.29, 1.82) is 0 Å². The standard InChI is InChI=1S/C15H13ClF3NO2/c1-9(2)21-11-3-5-12(6-4-11)22-14-13(16)7-10(8-20-14)15(17,18)19/h3-9H,1-2H3. The predicted octanol–water partition coefficient (Wildman–Crippen LogP) is 5.33. The van der Waals surface area contributed by atoms with Gasteiger partial charge in [-0.15, -0.1) is 0 Å². The predicted molar refractivity (Wildman–Crippen MR) is 76.5 cm³/mol. The van der Waals surface area contributed by atoms with Gasteiger partial charge in [0.05, 0.1) is 11.7 Å². The van der Waals surface area contributed by atoms with E-state index in [0.717, 1.165) is 6.07 Å². The zero-order valence-electron chi connectivity index (χ0n) is 11.8. The van der Waals surface area contributed by atoms with Crippen LogP contribution in [0.2, 0.25) is 5.02 Å². The molecule has 0 saturated carbocycles. The Morgan fingerprint density at radius 1 is 1.09 bits per heavy atom. The highest BCUT2D eigenvalue weighted by Crippen LogP contribution is 2.34. The van der Waals surface area contributed by atoms with Crippen LogP contribution in [0.1, 0.15) is 19.4 Å². The second-order valence-corrected chi connectivity index (χ2v) is 5.16. The fourth-order valence-corrected chi connectivity index (χ4v) is 1.83. The van der Waals surface area contributed by atoms with Gasteiger partial charge in [0, 0.05) is 6.20 Å². The topological polar surface area (TPSA) is 31.4 Å². The lowest BCUT2D eigenvalue weighted by Gasteiger charge is -2.12. The number of ether oxygens (including phenoxy) is 2. The lowest BCUT2D eigenvalue weighted by atomic mass is 10.3. The molecule has 0 radical (unpaired) electrons. The van der Waals surface area contributed by atoms with Gasteiger partial charge in [0.25, 0.3) is 0 Å². The highest BCUT2D eigenvalue weighted by atomic mass is 35.5. The number of alkyl halides is 3. The van der Waals surface area contributed by atoms with E-state index < -0.39 is 11.7 Å². The summed E-state index contributed by atoms with van der Waals surface area (Å²) in [7, 11) is 0. The molecule has 1 aromatic heterocycles. The van der Waals surface area contributed by atoms with Crippen LogP contribution in [0, 0.1) is 0 Å². The molecule has 7 heteroatoms. The molecule has 118 valence electrons. The fourth-order valence-electron chi connectivity index (χ4n) is 1.63. The molecule has 0 fully saturated rings. The van der Waals surface area contributed by atoms with Crippen molar-refractivity contribution in [2.45, 2.75) is 26.1 Å². The molecule has 0 bridgehead atoms. The van der Waals surface area contributed by atoms with E-state index in [1.54, 1.807) is 24.3 Å². The van der Waals surface area contributed by atoms with Crippen LogP contribution in [-0.4, -0.2) is 11.1 Å². The van der Waals surface area contributed by atoms with Gasteiger partial charge in [-0.2, -0.15) is 13.2 Å².